The van der Waals surface area contributed by atoms with Gasteiger partial charge in [-0.05, 0) is 74.2 Å². The molecule has 4 rings (SSSR count). The first-order valence-corrected chi connectivity index (χ1v) is 19.8. The molecule has 0 heterocycles. The van der Waals surface area contributed by atoms with Gasteiger partial charge in [-0.3, -0.25) is 4.79 Å². The van der Waals surface area contributed by atoms with Crippen LogP contribution in [0.3, 0.4) is 0 Å². The Labute approximate surface area is 366 Å². The van der Waals surface area contributed by atoms with Crippen LogP contribution in [-0.2, 0) is 55.8 Å². The number of benzene rings is 4. The first-order valence-electron chi connectivity index (χ1n) is 19.8. The Balaban J connectivity index is 1.71. The van der Waals surface area contributed by atoms with Crippen LogP contribution >= 0.6 is 0 Å². The van der Waals surface area contributed by atoms with E-state index < -0.39 is 53.8 Å². The van der Waals surface area contributed by atoms with Gasteiger partial charge in [-0.2, -0.15) is 0 Å². The fraction of sp³-hybridized carbons (Fsp3) is 0.370. The first kappa shape index (κ1) is 48.8. The van der Waals surface area contributed by atoms with Crippen LogP contribution in [-0.4, -0.2) is 90.1 Å². The maximum absolute atomic E-state index is 14.3. The van der Waals surface area contributed by atoms with Crippen molar-refractivity contribution in [2.75, 3.05) is 48.4 Å². The van der Waals surface area contributed by atoms with Crippen molar-refractivity contribution >= 4 is 30.0 Å². The molecule has 3 amide bonds. The zero-order valence-corrected chi connectivity index (χ0v) is 36.6. The lowest BCUT2D eigenvalue weighted by molar-refractivity contribution is -0.160. The quantitative estimate of drug-likeness (QED) is 0.0359. The summed E-state index contributed by atoms with van der Waals surface area (Å²) in [6.45, 7) is 6.72. The lowest BCUT2D eigenvalue weighted by Gasteiger charge is -2.26. The molecule has 63 heavy (non-hydrogen) atoms. The molecule has 0 fully saturated rings. The van der Waals surface area contributed by atoms with Crippen LogP contribution in [0.2, 0.25) is 0 Å². The second kappa shape index (κ2) is 24.0. The minimum atomic E-state index is -1.46. The van der Waals surface area contributed by atoms with Crippen molar-refractivity contribution in [3.05, 3.63) is 119 Å². The normalized spacial score (nSPS) is 12.4. The number of esters is 2. The lowest BCUT2D eigenvalue weighted by Crippen LogP contribution is -2.49. The van der Waals surface area contributed by atoms with E-state index in [9.17, 15) is 24.0 Å². The number of methoxy groups -OCH3 is 4. The van der Waals surface area contributed by atoms with Gasteiger partial charge in [0.05, 0.1) is 34.5 Å². The summed E-state index contributed by atoms with van der Waals surface area (Å²) in [6.07, 6.45) is -1.77. The third-order valence-electron chi connectivity index (χ3n) is 9.06. The second-order valence-electron chi connectivity index (χ2n) is 14.8. The molecule has 0 radical (unpaired) electrons. The van der Waals surface area contributed by atoms with Crippen molar-refractivity contribution in [2.24, 2.45) is 0 Å². The van der Waals surface area contributed by atoms with Gasteiger partial charge in [-0.1, -0.05) is 66.7 Å². The molecule has 0 unspecified atom stereocenters. The van der Waals surface area contributed by atoms with Crippen LogP contribution < -0.4 is 30.2 Å². The molecule has 0 saturated heterocycles. The van der Waals surface area contributed by atoms with Crippen LogP contribution in [0.25, 0.3) is 0 Å². The Morgan fingerprint density at radius 2 is 1.24 bits per heavy atom. The number of nitrogens with one attached hydrogen (secondary N) is 3. The fourth-order valence-corrected chi connectivity index (χ4v) is 5.94. The number of hydrogen-bond donors (Lipinski definition) is 3. The fourth-order valence-electron chi connectivity index (χ4n) is 5.94. The second-order valence-corrected chi connectivity index (χ2v) is 14.8. The van der Waals surface area contributed by atoms with Gasteiger partial charge >= 0.3 is 24.1 Å². The van der Waals surface area contributed by atoms with E-state index in [1.807, 2.05) is 12.1 Å². The van der Waals surface area contributed by atoms with Crippen molar-refractivity contribution in [1.82, 2.24) is 16.0 Å². The van der Waals surface area contributed by atoms with Crippen LogP contribution in [0, 0.1) is 6.92 Å². The van der Waals surface area contributed by atoms with Crippen LogP contribution in [0.1, 0.15) is 60.7 Å². The zero-order chi connectivity index (χ0) is 45.9. The molecule has 0 aliphatic rings. The molecule has 17 heteroatoms. The number of carbonyl (C=O) groups is 5. The molecule has 4 aromatic carbocycles. The predicted octanol–water partition coefficient (Wildman–Crippen LogP) is 6.40. The summed E-state index contributed by atoms with van der Waals surface area (Å²) in [5.74, 6) is -1.65. The summed E-state index contributed by atoms with van der Waals surface area (Å²) < 4.78 is 49.3. The van der Waals surface area contributed by atoms with E-state index >= 15 is 0 Å². The van der Waals surface area contributed by atoms with E-state index in [1.54, 1.807) is 82.3 Å². The number of amides is 3. The predicted molar refractivity (Wildman–Crippen MR) is 228 cm³/mol. The summed E-state index contributed by atoms with van der Waals surface area (Å²) in [4.78, 5) is 67.2. The summed E-state index contributed by atoms with van der Waals surface area (Å²) in [5.41, 5.74) is 1.42. The van der Waals surface area contributed by atoms with Gasteiger partial charge < -0.3 is 58.6 Å². The smallest absolute Gasteiger partial charge is 0.408 e. The third kappa shape index (κ3) is 15.2. The number of rotatable bonds is 21. The zero-order valence-electron chi connectivity index (χ0n) is 36.6. The minimum absolute atomic E-state index is 0.0449. The number of hydrogen-bond acceptors (Lipinski definition) is 14. The third-order valence-corrected chi connectivity index (χ3v) is 9.06. The first-order chi connectivity index (χ1) is 30.2. The molecule has 17 nitrogen and oxygen atoms in total. The average molecular weight is 874 g/mol. The Kier molecular flexibility index (Phi) is 18.6. The standard InChI is InChI=1S/C46H55N3O14/c1-29-36(57-7)25-33(40(43(52)58-8)49-44(53)60-27-31-17-13-10-14-18-31)26-37(29)62-38-24-32(19-20-35(38)56-6)39(48-45(54)63-46(2,3)4)41(50)47-34(23-30-15-11-9-12-16-30)42(51)61-28-59-22-21-55-5/h9-20,24-26,34,39-40H,21-23,27-28H2,1-8H3,(H,47,50)(H,48,54)(H,49,53)/t34-,39-,40-/m1/s1. The summed E-state index contributed by atoms with van der Waals surface area (Å²) in [5, 5.41) is 7.91. The topological polar surface area (TPSA) is 205 Å². The van der Waals surface area contributed by atoms with E-state index in [0.717, 1.165) is 11.1 Å². The molecule has 0 saturated carbocycles. The van der Waals surface area contributed by atoms with Gasteiger partial charge in [-0.15, -0.1) is 0 Å². The van der Waals surface area contributed by atoms with Gasteiger partial charge in [0.2, 0.25) is 5.91 Å². The maximum Gasteiger partial charge on any atom is 0.408 e. The highest BCUT2D eigenvalue weighted by Crippen LogP contribution is 2.39. The number of carbonyl (C=O) groups excluding carboxylic acids is 5. The summed E-state index contributed by atoms with van der Waals surface area (Å²) >= 11 is 0. The Morgan fingerprint density at radius 1 is 0.619 bits per heavy atom. The van der Waals surface area contributed by atoms with Crippen molar-refractivity contribution in [3.63, 3.8) is 0 Å². The monoisotopic (exact) mass is 873 g/mol. The summed E-state index contributed by atoms with van der Waals surface area (Å²) in [6, 6.07) is 21.5. The molecule has 0 spiro atoms. The van der Waals surface area contributed by atoms with Crippen LogP contribution in [0.4, 0.5) is 9.59 Å². The molecule has 3 atom stereocenters. The molecule has 0 aromatic heterocycles. The Hall–Kier alpha value is -6.85. The molecular formula is C46H55N3O14. The molecule has 4 aromatic rings. The van der Waals surface area contributed by atoms with Gasteiger partial charge in [-0.25, -0.2) is 19.2 Å². The van der Waals surface area contributed by atoms with E-state index in [1.165, 1.54) is 52.7 Å². The van der Waals surface area contributed by atoms with Crippen LogP contribution in [0.5, 0.6) is 23.0 Å². The van der Waals surface area contributed by atoms with Gasteiger partial charge in [0.15, 0.2) is 24.3 Å². The largest absolute Gasteiger partial charge is 0.496 e. The van der Waals surface area contributed by atoms with E-state index in [4.69, 9.17) is 42.6 Å². The van der Waals surface area contributed by atoms with E-state index in [2.05, 4.69) is 16.0 Å². The average Bonchev–Trinajstić information content (AvgIpc) is 3.26. The maximum atomic E-state index is 14.3. The summed E-state index contributed by atoms with van der Waals surface area (Å²) in [7, 11) is 5.51. The molecule has 0 aliphatic heterocycles. The van der Waals surface area contributed by atoms with Gasteiger partial charge in [0.1, 0.15) is 35.8 Å². The Morgan fingerprint density at radius 3 is 1.86 bits per heavy atom. The van der Waals surface area contributed by atoms with Crippen molar-refractivity contribution in [3.8, 4) is 23.0 Å². The van der Waals surface area contributed by atoms with E-state index in [-0.39, 0.29) is 67.2 Å². The van der Waals surface area contributed by atoms with Crippen molar-refractivity contribution < 1.29 is 66.6 Å². The van der Waals surface area contributed by atoms with Crippen LogP contribution in [0.15, 0.2) is 91.0 Å². The van der Waals surface area contributed by atoms with Crippen molar-refractivity contribution in [1.29, 1.82) is 0 Å². The van der Waals surface area contributed by atoms with E-state index in [0.29, 0.717) is 5.56 Å². The number of alkyl carbamates (subject to hydrolysis) is 2. The van der Waals surface area contributed by atoms with Crippen molar-refractivity contribution in [2.45, 2.75) is 64.4 Å². The number of ether oxygens (including phenoxy) is 9. The molecule has 338 valence electrons. The highest BCUT2D eigenvalue weighted by Gasteiger charge is 2.32. The highest BCUT2D eigenvalue weighted by atomic mass is 16.7. The van der Waals surface area contributed by atoms with Gasteiger partial charge in [0.25, 0.3) is 0 Å². The highest BCUT2D eigenvalue weighted by molar-refractivity contribution is 5.91. The SMILES string of the molecule is COCCOCOC(=O)[C@@H](Cc1ccccc1)NC(=O)[C@H](NC(=O)OC(C)(C)C)c1ccc(OC)c(Oc2cc([C@@H](NC(=O)OCc3ccccc3)C(=O)OC)cc(OC)c2C)c1. The minimum Gasteiger partial charge on any atom is -0.496 e. The molecule has 0 bridgehead atoms. The molecule has 3 N–H and O–H groups in total. The van der Waals surface area contributed by atoms with Gasteiger partial charge in [0, 0.05) is 19.1 Å². The molecular weight excluding hydrogens is 819 g/mol. The Bertz CT molecular complexity index is 2140. The molecule has 0 aliphatic carbocycles. The lowest BCUT2D eigenvalue weighted by atomic mass is 10.0.